The van der Waals surface area contributed by atoms with Gasteiger partial charge in [-0.2, -0.15) is 0 Å². The number of benzene rings is 1. The summed E-state index contributed by atoms with van der Waals surface area (Å²) in [4.78, 5) is 11.6. The van der Waals surface area contributed by atoms with Gasteiger partial charge in [-0.25, -0.2) is 9.98 Å². The Morgan fingerprint density at radius 2 is 2.04 bits per heavy atom. The van der Waals surface area contributed by atoms with Gasteiger partial charge >= 0.3 is 0 Å². The van der Waals surface area contributed by atoms with Crippen LogP contribution in [0.1, 0.15) is 29.4 Å². The van der Waals surface area contributed by atoms with E-state index in [4.69, 9.17) is 9.73 Å². The van der Waals surface area contributed by atoms with E-state index in [-0.39, 0.29) is 24.0 Å². The molecular formula is C20H31IN4OS2. The maximum absolute atomic E-state index is 5.42. The number of halogens is 1. The lowest BCUT2D eigenvalue weighted by Crippen LogP contribution is -2.39. The molecule has 0 bridgehead atoms. The first kappa shape index (κ1) is 25.0. The first-order chi connectivity index (χ1) is 13.0. The lowest BCUT2D eigenvalue weighted by atomic mass is 10.2. The number of ether oxygens (including phenoxy) is 1. The van der Waals surface area contributed by atoms with E-state index in [9.17, 15) is 0 Å². The van der Waals surface area contributed by atoms with Crippen LogP contribution in [0.3, 0.4) is 0 Å². The molecule has 0 aliphatic rings. The van der Waals surface area contributed by atoms with Crippen molar-refractivity contribution in [1.29, 1.82) is 0 Å². The van der Waals surface area contributed by atoms with Crippen molar-refractivity contribution in [1.82, 2.24) is 15.6 Å². The predicted octanol–water partition coefficient (Wildman–Crippen LogP) is 4.87. The molecular weight excluding hydrogens is 503 g/mol. The molecule has 2 rings (SSSR count). The lowest BCUT2D eigenvalue weighted by Gasteiger charge is -2.16. The van der Waals surface area contributed by atoms with E-state index < -0.39 is 0 Å². The van der Waals surface area contributed by atoms with Crippen molar-refractivity contribution in [2.75, 3.05) is 26.0 Å². The number of rotatable bonds is 9. The second kappa shape index (κ2) is 13.3. The summed E-state index contributed by atoms with van der Waals surface area (Å²) in [5, 5.41) is 7.88. The Bertz CT molecular complexity index is 752. The number of thioether (sulfide) groups is 1. The number of hydrogen-bond donors (Lipinski definition) is 2. The van der Waals surface area contributed by atoms with E-state index in [1.165, 1.54) is 9.77 Å². The van der Waals surface area contributed by atoms with E-state index in [0.717, 1.165) is 41.3 Å². The number of aryl methyl sites for hydroxylation is 2. The van der Waals surface area contributed by atoms with Gasteiger partial charge in [0.15, 0.2) is 5.96 Å². The van der Waals surface area contributed by atoms with E-state index in [1.54, 1.807) is 18.4 Å². The van der Waals surface area contributed by atoms with Crippen LogP contribution >= 0.6 is 47.1 Å². The topological polar surface area (TPSA) is 58.5 Å². The molecule has 0 radical (unpaired) electrons. The highest BCUT2D eigenvalue weighted by Crippen LogP contribution is 2.29. The molecule has 2 N–H and O–H groups in total. The molecule has 0 spiro atoms. The molecule has 0 fully saturated rings. The summed E-state index contributed by atoms with van der Waals surface area (Å²) in [5.74, 6) is 3.31. The molecule has 5 nitrogen and oxygen atoms in total. The number of aromatic nitrogens is 1. The number of methoxy groups -OCH3 is 1. The molecule has 1 unspecified atom stereocenters. The minimum absolute atomic E-state index is 0. The highest BCUT2D eigenvalue weighted by Gasteiger charge is 2.09. The highest BCUT2D eigenvalue weighted by molar-refractivity contribution is 14.0. The van der Waals surface area contributed by atoms with Crippen molar-refractivity contribution >= 4 is 53.0 Å². The smallest absolute Gasteiger partial charge is 0.191 e. The van der Waals surface area contributed by atoms with Crippen LogP contribution in [0.15, 0.2) is 34.2 Å². The number of aliphatic imine (C=N–C) groups is 1. The number of thiazole rings is 1. The van der Waals surface area contributed by atoms with E-state index in [2.05, 4.69) is 35.5 Å². The van der Waals surface area contributed by atoms with Crippen LogP contribution in [0.5, 0.6) is 5.75 Å². The highest BCUT2D eigenvalue weighted by atomic mass is 127. The second-order valence-electron chi connectivity index (χ2n) is 6.38. The number of nitrogens with one attached hydrogen (secondary N) is 2. The van der Waals surface area contributed by atoms with Crippen molar-refractivity contribution in [2.45, 2.75) is 39.1 Å². The number of guanidine groups is 1. The molecule has 156 valence electrons. The van der Waals surface area contributed by atoms with Crippen LogP contribution in [0, 0.1) is 19.8 Å². The molecule has 0 aliphatic carbocycles. The Labute approximate surface area is 194 Å². The van der Waals surface area contributed by atoms with Crippen LogP contribution in [0.2, 0.25) is 0 Å². The van der Waals surface area contributed by atoms with Crippen molar-refractivity contribution in [3.63, 3.8) is 0 Å². The predicted molar refractivity (Wildman–Crippen MR) is 133 cm³/mol. The molecule has 28 heavy (non-hydrogen) atoms. The fraction of sp³-hybridized carbons (Fsp3) is 0.500. The standard InChI is InChI=1S/C20H30N4OS2.HI/c1-6-21-20(23-12-19-15(3)24-16(4)27-19)22-11-14(2)13-26-18-10-8-7-9-17(18)25-5;/h7-10,14H,6,11-13H2,1-5H3,(H2,21,22,23);1H. The van der Waals surface area contributed by atoms with Gasteiger partial charge in [-0.3, -0.25) is 0 Å². The van der Waals surface area contributed by atoms with Gasteiger partial charge in [-0.1, -0.05) is 19.1 Å². The van der Waals surface area contributed by atoms with Crippen molar-refractivity contribution in [3.05, 3.63) is 39.8 Å². The normalized spacial score (nSPS) is 12.2. The largest absolute Gasteiger partial charge is 0.496 e. The first-order valence-corrected chi connectivity index (χ1v) is 11.0. The Hall–Kier alpha value is -1.000. The third-order valence-electron chi connectivity index (χ3n) is 3.93. The number of nitrogens with zero attached hydrogens (tertiary/aromatic N) is 2. The lowest BCUT2D eigenvalue weighted by molar-refractivity contribution is 0.405. The van der Waals surface area contributed by atoms with Gasteiger partial charge in [0.05, 0.1) is 24.4 Å². The van der Waals surface area contributed by atoms with Crippen LogP contribution in [0.25, 0.3) is 0 Å². The molecule has 0 aliphatic heterocycles. The molecule has 0 saturated heterocycles. The summed E-state index contributed by atoms with van der Waals surface area (Å²) in [6.07, 6.45) is 0. The Morgan fingerprint density at radius 1 is 1.29 bits per heavy atom. The summed E-state index contributed by atoms with van der Waals surface area (Å²) in [6, 6.07) is 8.16. The number of para-hydroxylation sites is 1. The molecule has 0 amide bonds. The van der Waals surface area contributed by atoms with E-state index >= 15 is 0 Å². The second-order valence-corrected chi connectivity index (χ2v) is 8.73. The molecule has 1 heterocycles. The van der Waals surface area contributed by atoms with Crippen molar-refractivity contribution in [3.8, 4) is 5.75 Å². The molecule has 0 saturated carbocycles. The minimum Gasteiger partial charge on any atom is -0.496 e. The monoisotopic (exact) mass is 534 g/mol. The Kier molecular flexibility index (Phi) is 11.9. The minimum atomic E-state index is 0. The summed E-state index contributed by atoms with van der Waals surface area (Å²) in [7, 11) is 1.72. The first-order valence-electron chi connectivity index (χ1n) is 9.24. The van der Waals surface area contributed by atoms with Crippen molar-refractivity contribution in [2.24, 2.45) is 10.9 Å². The fourth-order valence-corrected chi connectivity index (χ4v) is 4.42. The summed E-state index contributed by atoms with van der Waals surface area (Å²) in [6.45, 7) is 10.8. The van der Waals surface area contributed by atoms with Crippen LogP contribution in [-0.4, -0.2) is 36.9 Å². The average molecular weight is 535 g/mol. The van der Waals surface area contributed by atoms with Crippen LogP contribution < -0.4 is 15.4 Å². The zero-order chi connectivity index (χ0) is 19.6. The van der Waals surface area contributed by atoms with Gasteiger partial charge in [-0.15, -0.1) is 47.1 Å². The summed E-state index contributed by atoms with van der Waals surface area (Å²) < 4.78 is 5.42. The quantitative estimate of drug-likeness (QED) is 0.208. The molecule has 1 aromatic heterocycles. The van der Waals surface area contributed by atoms with Crippen molar-refractivity contribution < 1.29 is 4.74 Å². The van der Waals surface area contributed by atoms with Gasteiger partial charge in [-0.05, 0) is 38.8 Å². The fourth-order valence-electron chi connectivity index (χ4n) is 2.51. The zero-order valence-electron chi connectivity index (χ0n) is 17.2. The molecule has 2 aromatic rings. The Morgan fingerprint density at radius 3 is 2.68 bits per heavy atom. The van der Waals surface area contributed by atoms with Crippen LogP contribution in [-0.2, 0) is 6.54 Å². The molecule has 1 atom stereocenters. The van der Waals surface area contributed by atoms with E-state index in [0.29, 0.717) is 12.5 Å². The van der Waals surface area contributed by atoms with Gasteiger partial charge in [0, 0.05) is 28.6 Å². The van der Waals surface area contributed by atoms with Gasteiger partial charge in [0.2, 0.25) is 0 Å². The molecule has 8 heteroatoms. The Balaban J connectivity index is 0.00000392. The summed E-state index contributed by atoms with van der Waals surface area (Å²) in [5.41, 5.74) is 1.08. The van der Waals surface area contributed by atoms with Gasteiger partial charge < -0.3 is 15.4 Å². The maximum Gasteiger partial charge on any atom is 0.191 e. The van der Waals surface area contributed by atoms with Gasteiger partial charge in [0.25, 0.3) is 0 Å². The average Bonchev–Trinajstić information content (AvgIpc) is 2.99. The third kappa shape index (κ3) is 8.16. The zero-order valence-corrected chi connectivity index (χ0v) is 21.2. The summed E-state index contributed by atoms with van der Waals surface area (Å²) >= 11 is 3.55. The molecule has 1 aromatic carbocycles. The number of hydrogen-bond acceptors (Lipinski definition) is 5. The SMILES string of the molecule is CCNC(=NCc1sc(C)nc1C)NCC(C)CSc1ccccc1OC.I. The van der Waals surface area contributed by atoms with Crippen LogP contribution in [0.4, 0.5) is 0 Å². The van der Waals surface area contributed by atoms with Gasteiger partial charge in [0.1, 0.15) is 5.75 Å². The maximum atomic E-state index is 5.42. The van der Waals surface area contributed by atoms with E-state index in [1.807, 2.05) is 43.8 Å². The third-order valence-corrected chi connectivity index (χ3v) is 6.38.